The third-order valence-electron chi connectivity index (χ3n) is 4.38. The molecule has 1 N–H and O–H groups in total. The molecular weight excluding hydrogens is 510 g/mol. The van der Waals surface area contributed by atoms with Gasteiger partial charge in [-0.2, -0.15) is 0 Å². The highest BCUT2D eigenvalue weighted by Crippen LogP contribution is 2.25. The lowest BCUT2D eigenvalue weighted by Gasteiger charge is -2.00. The SMILES string of the molecule is O=C(/C=C/c1ccc(-c2ccc(Br)cc2)o1)NCc1ccc(-c2ccc(Br)cc2)o1. The molecule has 0 aliphatic rings. The van der Waals surface area contributed by atoms with Crippen molar-refractivity contribution in [3.63, 3.8) is 0 Å². The Labute approximate surface area is 190 Å². The van der Waals surface area contributed by atoms with E-state index in [1.807, 2.05) is 72.8 Å². The Balaban J connectivity index is 1.32. The molecule has 2 heterocycles. The van der Waals surface area contributed by atoms with E-state index in [1.165, 1.54) is 6.08 Å². The van der Waals surface area contributed by atoms with Crippen molar-refractivity contribution >= 4 is 43.8 Å². The Hall–Kier alpha value is -2.83. The summed E-state index contributed by atoms with van der Waals surface area (Å²) in [6, 6.07) is 23.2. The maximum absolute atomic E-state index is 12.1. The summed E-state index contributed by atoms with van der Waals surface area (Å²) in [5.74, 6) is 2.58. The number of amides is 1. The number of benzene rings is 2. The minimum Gasteiger partial charge on any atom is -0.459 e. The highest BCUT2D eigenvalue weighted by Gasteiger charge is 2.07. The third-order valence-corrected chi connectivity index (χ3v) is 5.44. The highest BCUT2D eigenvalue weighted by molar-refractivity contribution is 9.10. The topological polar surface area (TPSA) is 55.4 Å². The Morgan fingerprint density at radius 3 is 1.97 bits per heavy atom. The molecule has 4 rings (SSSR count). The van der Waals surface area contributed by atoms with Gasteiger partial charge in [0.1, 0.15) is 23.0 Å². The zero-order valence-electron chi connectivity index (χ0n) is 15.8. The lowest BCUT2D eigenvalue weighted by atomic mass is 10.2. The zero-order chi connectivity index (χ0) is 20.9. The molecule has 0 radical (unpaired) electrons. The number of rotatable bonds is 6. The second-order valence-corrected chi connectivity index (χ2v) is 8.36. The molecule has 0 bridgehead atoms. The maximum Gasteiger partial charge on any atom is 0.244 e. The van der Waals surface area contributed by atoms with Crippen LogP contribution < -0.4 is 5.32 Å². The normalized spacial score (nSPS) is 11.1. The van der Waals surface area contributed by atoms with E-state index in [9.17, 15) is 4.79 Å². The molecule has 1 amide bonds. The molecule has 0 spiro atoms. The number of nitrogens with one attached hydrogen (secondary N) is 1. The predicted octanol–water partition coefficient (Wildman–Crippen LogP) is 7.06. The third kappa shape index (κ3) is 5.20. The van der Waals surface area contributed by atoms with E-state index in [0.29, 0.717) is 18.1 Å². The largest absolute Gasteiger partial charge is 0.459 e. The second kappa shape index (κ2) is 9.32. The first-order chi connectivity index (χ1) is 14.6. The van der Waals surface area contributed by atoms with Crippen molar-refractivity contribution in [1.29, 1.82) is 0 Å². The average Bonchev–Trinajstić information content (AvgIpc) is 3.42. The van der Waals surface area contributed by atoms with Crippen molar-refractivity contribution in [2.24, 2.45) is 0 Å². The fraction of sp³-hybridized carbons (Fsp3) is 0.0417. The van der Waals surface area contributed by atoms with Crippen molar-refractivity contribution < 1.29 is 13.6 Å². The van der Waals surface area contributed by atoms with Gasteiger partial charge in [-0.15, -0.1) is 0 Å². The van der Waals surface area contributed by atoms with Gasteiger partial charge in [-0.3, -0.25) is 4.79 Å². The first-order valence-corrected chi connectivity index (χ1v) is 10.8. The first kappa shape index (κ1) is 20.4. The van der Waals surface area contributed by atoms with Crippen LogP contribution in [-0.4, -0.2) is 5.91 Å². The second-order valence-electron chi connectivity index (χ2n) is 6.53. The summed E-state index contributed by atoms with van der Waals surface area (Å²) < 4.78 is 13.6. The summed E-state index contributed by atoms with van der Waals surface area (Å²) in [6.45, 7) is 0.308. The molecule has 2 aromatic heterocycles. The molecule has 0 unspecified atom stereocenters. The Morgan fingerprint density at radius 1 is 0.767 bits per heavy atom. The molecule has 30 heavy (non-hydrogen) atoms. The fourth-order valence-electron chi connectivity index (χ4n) is 2.84. The van der Waals surface area contributed by atoms with Gasteiger partial charge in [0, 0.05) is 26.1 Å². The molecular formula is C24H17Br2NO3. The summed E-state index contributed by atoms with van der Waals surface area (Å²) >= 11 is 6.83. The Bertz CT molecular complexity index is 1170. The van der Waals surface area contributed by atoms with Crippen LogP contribution in [0.15, 0.2) is 96.7 Å². The lowest BCUT2D eigenvalue weighted by Crippen LogP contribution is -2.19. The monoisotopic (exact) mass is 525 g/mol. The van der Waals surface area contributed by atoms with Crippen LogP contribution in [0.25, 0.3) is 28.7 Å². The molecule has 6 heteroatoms. The van der Waals surface area contributed by atoms with E-state index in [2.05, 4.69) is 37.2 Å². The summed E-state index contributed by atoms with van der Waals surface area (Å²) in [6.07, 6.45) is 3.09. The molecule has 0 atom stereocenters. The van der Waals surface area contributed by atoms with E-state index in [4.69, 9.17) is 8.83 Å². The van der Waals surface area contributed by atoms with Gasteiger partial charge in [-0.25, -0.2) is 0 Å². The van der Waals surface area contributed by atoms with Crippen molar-refractivity contribution in [2.75, 3.05) is 0 Å². The van der Waals surface area contributed by atoms with E-state index < -0.39 is 0 Å². The highest BCUT2D eigenvalue weighted by atomic mass is 79.9. The van der Waals surface area contributed by atoms with Gasteiger partial charge >= 0.3 is 0 Å². The molecule has 150 valence electrons. The summed E-state index contributed by atoms with van der Waals surface area (Å²) in [5.41, 5.74) is 1.96. The Morgan fingerprint density at radius 2 is 1.33 bits per heavy atom. The number of carbonyl (C=O) groups is 1. The zero-order valence-corrected chi connectivity index (χ0v) is 18.9. The van der Waals surface area contributed by atoms with E-state index >= 15 is 0 Å². The van der Waals surface area contributed by atoms with Gasteiger partial charge in [-0.05, 0) is 54.6 Å². The van der Waals surface area contributed by atoms with Crippen LogP contribution in [0.1, 0.15) is 11.5 Å². The number of hydrogen-bond donors (Lipinski definition) is 1. The van der Waals surface area contributed by atoms with Gasteiger partial charge in [0.15, 0.2) is 0 Å². The molecule has 0 saturated carbocycles. The smallest absolute Gasteiger partial charge is 0.244 e. The standard InChI is InChI=1S/C24H17Br2NO3/c25-18-5-1-16(2-6-18)22-12-9-20(29-22)11-14-24(28)27-15-21-10-13-23(30-21)17-3-7-19(26)8-4-17/h1-14H,15H2,(H,27,28)/b14-11+. The van der Waals surface area contributed by atoms with Crippen molar-refractivity contribution in [2.45, 2.75) is 6.54 Å². The van der Waals surface area contributed by atoms with Crippen LogP contribution in [0.5, 0.6) is 0 Å². The quantitative estimate of drug-likeness (QED) is 0.273. The van der Waals surface area contributed by atoms with Crippen LogP contribution in [0, 0.1) is 0 Å². The van der Waals surface area contributed by atoms with Crippen LogP contribution in [-0.2, 0) is 11.3 Å². The van der Waals surface area contributed by atoms with Crippen LogP contribution in [0.2, 0.25) is 0 Å². The van der Waals surface area contributed by atoms with E-state index in [0.717, 1.165) is 31.6 Å². The summed E-state index contributed by atoms with van der Waals surface area (Å²) in [5, 5.41) is 2.81. The minimum absolute atomic E-state index is 0.224. The van der Waals surface area contributed by atoms with Crippen molar-refractivity contribution in [3.8, 4) is 22.6 Å². The molecule has 0 aliphatic carbocycles. The number of carbonyl (C=O) groups excluding carboxylic acids is 1. The maximum atomic E-state index is 12.1. The van der Waals surface area contributed by atoms with Gasteiger partial charge in [0.2, 0.25) is 5.91 Å². The minimum atomic E-state index is -0.224. The predicted molar refractivity (Wildman–Crippen MR) is 125 cm³/mol. The van der Waals surface area contributed by atoms with Gasteiger partial charge in [0.25, 0.3) is 0 Å². The van der Waals surface area contributed by atoms with Gasteiger partial charge in [0.05, 0.1) is 6.54 Å². The van der Waals surface area contributed by atoms with E-state index in [1.54, 1.807) is 6.08 Å². The lowest BCUT2D eigenvalue weighted by molar-refractivity contribution is -0.116. The average molecular weight is 527 g/mol. The number of halogens is 2. The van der Waals surface area contributed by atoms with Gasteiger partial charge < -0.3 is 14.2 Å². The van der Waals surface area contributed by atoms with Crippen LogP contribution in [0.3, 0.4) is 0 Å². The van der Waals surface area contributed by atoms with Crippen molar-refractivity contribution in [1.82, 2.24) is 5.32 Å². The number of furan rings is 2. The Kier molecular flexibility index (Phi) is 6.35. The molecule has 0 aliphatic heterocycles. The van der Waals surface area contributed by atoms with Gasteiger partial charge in [-0.1, -0.05) is 56.1 Å². The first-order valence-electron chi connectivity index (χ1n) is 9.23. The van der Waals surface area contributed by atoms with Crippen molar-refractivity contribution in [3.05, 3.63) is 99.3 Å². The molecule has 2 aromatic carbocycles. The molecule has 4 nitrogen and oxygen atoms in total. The fourth-order valence-corrected chi connectivity index (χ4v) is 3.37. The van der Waals surface area contributed by atoms with Crippen LogP contribution in [0.4, 0.5) is 0 Å². The molecule has 0 fully saturated rings. The molecule has 0 saturated heterocycles. The van der Waals surface area contributed by atoms with E-state index in [-0.39, 0.29) is 5.91 Å². The molecule has 4 aromatic rings. The summed E-state index contributed by atoms with van der Waals surface area (Å²) in [7, 11) is 0. The van der Waals surface area contributed by atoms with Crippen LogP contribution >= 0.6 is 31.9 Å². The number of hydrogen-bond acceptors (Lipinski definition) is 3. The summed E-state index contributed by atoms with van der Waals surface area (Å²) in [4.78, 5) is 12.1.